The molecule has 2 aromatic rings. The van der Waals surface area contributed by atoms with E-state index in [0.29, 0.717) is 30.7 Å². The first kappa shape index (κ1) is 13.5. The summed E-state index contributed by atoms with van der Waals surface area (Å²) in [5.74, 6) is -0.188. The van der Waals surface area contributed by atoms with Crippen LogP contribution in [0.3, 0.4) is 0 Å². The number of aliphatic carboxylic acids is 1. The quantitative estimate of drug-likeness (QED) is 0.889. The minimum absolute atomic E-state index is 0.340. The number of nitrogens with zero attached hydrogens (tertiary/aromatic N) is 4. The fraction of sp³-hybridized carbons (Fsp3) is 0.538. The maximum absolute atomic E-state index is 11.5. The van der Waals surface area contributed by atoms with Crippen molar-refractivity contribution in [3.05, 3.63) is 23.7 Å². The molecule has 0 spiro atoms. The van der Waals surface area contributed by atoms with Crippen LogP contribution in [0.25, 0.3) is 5.65 Å². The number of carboxylic acids is 1. The maximum Gasteiger partial charge on any atom is 0.310 e. The van der Waals surface area contributed by atoms with Crippen molar-refractivity contribution in [2.45, 2.75) is 40.0 Å². The number of fused-ring (bicyclic) bond motifs is 1. The van der Waals surface area contributed by atoms with Crippen LogP contribution < -0.4 is 0 Å². The van der Waals surface area contributed by atoms with E-state index in [1.54, 1.807) is 4.52 Å². The Labute approximate surface area is 111 Å². The molecule has 102 valence electrons. The van der Waals surface area contributed by atoms with Gasteiger partial charge in [0.2, 0.25) is 0 Å². The van der Waals surface area contributed by atoms with Crippen LogP contribution in [0.15, 0.2) is 12.1 Å². The molecular formula is C13H18N4O2. The number of hydrogen-bond acceptors (Lipinski definition) is 4. The van der Waals surface area contributed by atoms with Crippen molar-refractivity contribution >= 4 is 11.6 Å². The summed E-state index contributed by atoms with van der Waals surface area (Å²) in [4.78, 5) is 11.5. The van der Waals surface area contributed by atoms with Gasteiger partial charge in [-0.25, -0.2) is 0 Å². The highest BCUT2D eigenvalue weighted by Crippen LogP contribution is 2.30. The number of rotatable bonds is 5. The molecule has 2 heterocycles. The zero-order valence-electron chi connectivity index (χ0n) is 11.4. The molecule has 19 heavy (non-hydrogen) atoms. The normalized spacial score (nSPS) is 11.9. The zero-order valence-corrected chi connectivity index (χ0v) is 11.4. The summed E-state index contributed by atoms with van der Waals surface area (Å²) in [6.45, 7) is 5.66. The Hall–Kier alpha value is -1.98. The Morgan fingerprint density at radius 1 is 1.32 bits per heavy atom. The first-order valence-corrected chi connectivity index (χ1v) is 6.43. The van der Waals surface area contributed by atoms with Crippen LogP contribution in [0.4, 0.5) is 0 Å². The fourth-order valence-electron chi connectivity index (χ4n) is 2.22. The van der Waals surface area contributed by atoms with Crippen LogP contribution >= 0.6 is 0 Å². The van der Waals surface area contributed by atoms with E-state index in [2.05, 4.69) is 15.3 Å². The summed E-state index contributed by atoms with van der Waals surface area (Å²) >= 11 is 0. The van der Waals surface area contributed by atoms with Gasteiger partial charge >= 0.3 is 5.97 Å². The largest absolute Gasteiger partial charge is 0.481 e. The molecule has 0 unspecified atom stereocenters. The van der Waals surface area contributed by atoms with Crippen molar-refractivity contribution in [2.75, 3.05) is 0 Å². The maximum atomic E-state index is 11.5. The van der Waals surface area contributed by atoms with Crippen LogP contribution in [-0.4, -0.2) is 30.9 Å². The van der Waals surface area contributed by atoms with E-state index in [1.165, 1.54) is 0 Å². The molecule has 0 saturated carbocycles. The second-order valence-corrected chi connectivity index (χ2v) is 4.83. The number of carboxylic acid groups (broad SMARTS) is 1. The van der Waals surface area contributed by atoms with Crippen LogP contribution in [0.5, 0.6) is 0 Å². The van der Waals surface area contributed by atoms with E-state index in [4.69, 9.17) is 0 Å². The molecule has 0 atom stereocenters. The molecule has 6 nitrogen and oxygen atoms in total. The summed E-state index contributed by atoms with van der Waals surface area (Å²) in [5.41, 5.74) is 0.698. The third-order valence-electron chi connectivity index (χ3n) is 3.76. The highest BCUT2D eigenvalue weighted by Gasteiger charge is 2.36. The van der Waals surface area contributed by atoms with E-state index in [0.717, 1.165) is 5.69 Å². The standard InChI is InChI=1S/C13H18N4O2/c1-4-13(5-2,12(18)19)8-11-15-14-10-7-6-9(3)16-17(10)11/h6-7H,4-5,8H2,1-3H3,(H,18,19). The average Bonchev–Trinajstić information content (AvgIpc) is 2.78. The predicted molar refractivity (Wildman–Crippen MR) is 69.9 cm³/mol. The molecule has 2 rings (SSSR count). The monoisotopic (exact) mass is 262 g/mol. The van der Waals surface area contributed by atoms with Gasteiger partial charge in [0, 0.05) is 6.42 Å². The van der Waals surface area contributed by atoms with Gasteiger partial charge in [-0.3, -0.25) is 4.79 Å². The topological polar surface area (TPSA) is 80.4 Å². The van der Waals surface area contributed by atoms with Crippen molar-refractivity contribution in [3.63, 3.8) is 0 Å². The van der Waals surface area contributed by atoms with Crippen molar-refractivity contribution in [1.82, 2.24) is 19.8 Å². The number of aromatic nitrogens is 4. The van der Waals surface area contributed by atoms with Crippen LogP contribution in [0, 0.1) is 12.3 Å². The lowest BCUT2D eigenvalue weighted by molar-refractivity contribution is -0.149. The van der Waals surface area contributed by atoms with E-state index in [-0.39, 0.29) is 0 Å². The summed E-state index contributed by atoms with van der Waals surface area (Å²) < 4.78 is 1.64. The Balaban J connectivity index is 2.45. The molecule has 2 aromatic heterocycles. The van der Waals surface area contributed by atoms with Gasteiger partial charge in [-0.2, -0.15) is 9.61 Å². The molecule has 0 aromatic carbocycles. The van der Waals surface area contributed by atoms with Crippen LogP contribution in [-0.2, 0) is 11.2 Å². The predicted octanol–water partition coefficient (Wildman–Crippen LogP) is 1.87. The van der Waals surface area contributed by atoms with Gasteiger partial charge in [0.05, 0.1) is 11.1 Å². The van der Waals surface area contributed by atoms with Crippen molar-refractivity contribution < 1.29 is 9.90 Å². The first-order valence-electron chi connectivity index (χ1n) is 6.43. The minimum atomic E-state index is -0.797. The molecule has 0 amide bonds. The minimum Gasteiger partial charge on any atom is -0.481 e. The van der Waals surface area contributed by atoms with Crippen molar-refractivity contribution in [1.29, 1.82) is 0 Å². The SMILES string of the molecule is CCC(CC)(Cc1nnc2ccc(C)nn12)C(=O)O. The van der Waals surface area contributed by atoms with Crippen LogP contribution in [0.1, 0.15) is 38.2 Å². The van der Waals surface area contributed by atoms with Gasteiger partial charge in [-0.05, 0) is 31.9 Å². The summed E-state index contributed by atoms with van der Waals surface area (Å²) in [7, 11) is 0. The second-order valence-electron chi connectivity index (χ2n) is 4.83. The third kappa shape index (κ3) is 2.30. The van der Waals surface area contributed by atoms with E-state index >= 15 is 0 Å². The van der Waals surface area contributed by atoms with Gasteiger partial charge < -0.3 is 5.11 Å². The van der Waals surface area contributed by atoms with E-state index in [9.17, 15) is 9.90 Å². The number of hydrogen-bond donors (Lipinski definition) is 1. The summed E-state index contributed by atoms with van der Waals surface area (Å²) in [5, 5.41) is 21.9. The molecule has 6 heteroatoms. The van der Waals surface area contributed by atoms with Crippen LogP contribution in [0.2, 0.25) is 0 Å². The van der Waals surface area contributed by atoms with Gasteiger partial charge in [-0.1, -0.05) is 13.8 Å². The smallest absolute Gasteiger partial charge is 0.310 e. The van der Waals surface area contributed by atoms with Gasteiger partial charge in [-0.15, -0.1) is 10.2 Å². The molecule has 0 aliphatic carbocycles. The molecular weight excluding hydrogens is 244 g/mol. The lowest BCUT2D eigenvalue weighted by Gasteiger charge is -2.25. The first-order chi connectivity index (χ1) is 9.02. The van der Waals surface area contributed by atoms with Gasteiger partial charge in [0.1, 0.15) is 0 Å². The molecule has 0 radical (unpaired) electrons. The summed E-state index contributed by atoms with van der Waals surface area (Å²) in [6, 6.07) is 3.69. The lowest BCUT2D eigenvalue weighted by Crippen LogP contribution is -2.33. The number of carbonyl (C=O) groups is 1. The molecule has 1 N–H and O–H groups in total. The van der Waals surface area contributed by atoms with E-state index < -0.39 is 11.4 Å². The second kappa shape index (κ2) is 4.95. The molecule has 0 fully saturated rings. The average molecular weight is 262 g/mol. The molecule has 0 saturated heterocycles. The molecule has 0 bridgehead atoms. The Bertz CT molecular complexity index is 602. The highest BCUT2D eigenvalue weighted by atomic mass is 16.4. The Kier molecular flexibility index (Phi) is 3.50. The fourth-order valence-corrected chi connectivity index (χ4v) is 2.22. The highest BCUT2D eigenvalue weighted by molar-refractivity contribution is 5.74. The lowest BCUT2D eigenvalue weighted by atomic mass is 9.79. The van der Waals surface area contributed by atoms with Gasteiger partial charge in [0.25, 0.3) is 0 Å². The number of aryl methyl sites for hydroxylation is 1. The summed E-state index contributed by atoms with van der Waals surface area (Å²) in [6.07, 6.45) is 1.45. The Morgan fingerprint density at radius 3 is 2.58 bits per heavy atom. The molecule has 0 aliphatic rings. The third-order valence-corrected chi connectivity index (χ3v) is 3.76. The Morgan fingerprint density at radius 2 is 2.00 bits per heavy atom. The van der Waals surface area contributed by atoms with E-state index in [1.807, 2.05) is 32.9 Å². The van der Waals surface area contributed by atoms with Crippen molar-refractivity contribution in [2.24, 2.45) is 5.41 Å². The zero-order chi connectivity index (χ0) is 14.0. The van der Waals surface area contributed by atoms with Gasteiger partial charge in [0.15, 0.2) is 11.5 Å². The van der Waals surface area contributed by atoms with Crippen molar-refractivity contribution in [3.8, 4) is 0 Å². The molecule has 0 aliphatic heterocycles.